The van der Waals surface area contributed by atoms with E-state index >= 15 is 0 Å². The largest absolute Gasteiger partial charge is 0.469 e. The first-order valence-electron chi connectivity index (χ1n) is 7.22. The van der Waals surface area contributed by atoms with Gasteiger partial charge in [0.05, 0.1) is 17.4 Å². The van der Waals surface area contributed by atoms with Crippen LogP contribution in [0.15, 0.2) is 16.7 Å². The average Bonchev–Trinajstić information content (AvgIpc) is 2.90. The molecule has 4 heteroatoms. The Bertz CT molecular complexity index is 441. The van der Waals surface area contributed by atoms with E-state index in [-0.39, 0.29) is 11.4 Å². The fourth-order valence-electron chi connectivity index (χ4n) is 3.06. The molecule has 1 aliphatic rings. The third-order valence-corrected chi connectivity index (χ3v) is 4.49. The number of rotatable bonds is 4. The topological polar surface area (TPSA) is 68.3 Å². The molecule has 3 N–H and O–H groups in total. The van der Waals surface area contributed by atoms with Gasteiger partial charge < -0.3 is 15.5 Å². The second kappa shape index (κ2) is 5.78. The minimum absolute atomic E-state index is 0.0511. The molecule has 0 aliphatic heterocycles. The number of furan rings is 1. The Kier molecular flexibility index (Phi) is 4.30. The molecule has 0 bridgehead atoms. The highest BCUT2D eigenvalue weighted by Gasteiger charge is 2.38. The van der Waals surface area contributed by atoms with Gasteiger partial charge in [-0.15, -0.1) is 0 Å². The Morgan fingerprint density at radius 2 is 2.37 bits per heavy atom. The quantitative estimate of drug-likeness (QED) is 0.877. The summed E-state index contributed by atoms with van der Waals surface area (Å²) in [4.78, 5) is 12.4. The molecule has 1 amide bonds. The normalized spacial score (nSPS) is 27.2. The van der Waals surface area contributed by atoms with Gasteiger partial charge in [0.2, 0.25) is 0 Å². The van der Waals surface area contributed by atoms with Gasteiger partial charge in [0.15, 0.2) is 0 Å². The lowest BCUT2D eigenvalue weighted by atomic mass is 9.73. The Morgan fingerprint density at radius 1 is 1.58 bits per heavy atom. The molecule has 0 aromatic carbocycles. The Balaban J connectivity index is 2.16. The summed E-state index contributed by atoms with van der Waals surface area (Å²) < 4.78 is 5.33. The zero-order valence-corrected chi connectivity index (χ0v) is 11.9. The lowest BCUT2D eigenvalue weighted by molar-refractivity contribution is 0.0811. The molecule has 2 unspecified atom stereocenters. The van der Waals surface area contributed by atoms with Crippen LogP contribution in [0.1, 0.15) is 55.6 Å². The van der Waals surface area contributed by atoms with Crippen molar-refractivity contribution in [3.8, 4) is 0 Å². The predicted octanol–water partition coefficient (Wildman–Crippen LogP) is 2.48. The van der Waals surface area contributed by atoms with Crippen LogP contribution in [0, 0.1) is 5.92 Å². The van der Waals surface area contributed by atoms with Crippen LogP contribution in [0.3, 0.4) is 0 Å². The first-order chi connectivity index (χ1) is 9.13. The van der Waals surface area contributed by atoms with Crippen LogP contribution in [0.4, 0.5) is 0 Å². The van der Waals surface area contributed by atoms with E-state index in [9.17, 15) is 4.79 Å². The van der Waals surface area contributed by atoms with E-state index < -0.39 is 0 Å². The number of aryl methyl sites for hydroxylation is 1. The molecule has 0 radical (unpaired) electrons. The highest BCUT2D eigenvalue weighted by atomic mass is 16.3. The molecule has 1 heterocycles. The molecule has 1 aromatic rings. The van der Waals surface area contributed by atoms with Gasteiger partial charge in [-0.1, -0.05) is 26.7 Å². The maximum atomic E-state index is 12.4. The maximum absolute atomic E-state index is 12.4. The summed E-state index contributed by atoms with van der Waals surface area (Å²) in [5.74, 6) is 1.12. The third kappa shape index (κ3) is 2.68. The second-order valence-electron chi connectivity index (χ2n) is 5.57. The molecule has 106 valence electrons. The van der Waals surface area contributed by atoms with Gasteiger partial charge in [0.25, 0.3) is 5.91 Å². The van der Waals surface area contributed by atoms with Crippen molar-refractivity contribution in [3.05, 3.63) is 23.7 Å². The fourth-order valence-corrected chi connectivity index (χ4v) is 3.06. The fraction of sp³-hybridized carbons (Fsp3) is 0.667. The standard InChI is InChI=1S/C15H24N2O2/c1-3-13-12(7-9-19-13)14(18)17-15(10-16)8-5-4-6-11(15)2/h7,9,11H,3-6,8,10,16H2,1-2H3,(H,17,18). The van der Waals surface area contributed by atoms with Crippen LogP contribution >= 0.6 is 0 Å². The minimum Gasteiger partial charge on any atom is -0.469 e. The SMILES string of the molecule is CCc1occc1C(=O)NC1(CN)CCCCC1C. The van der Waals surface area contributed by atoms with Crippen molar-refractivity contribution in [1.82, 2.24) is 5.32 Å². The zero-order chi connectivity index (χ0) is 13.9. The smallest absolute Gasteiger partial charge is 0.255 e. The van der Waals surface area contributed by atoms with E-state index in [4.69, 9.17) is 10.2 Å². The highest BCUT2D eigenvalue weighted by Crippen LogP contribution is 2.33. The lowest BCUT2D eigenvalue weighted by Gasteiger charge is -2.42. The molecule has 1 fully saturated rings. The van der Waals surface area contributed by atoms with Crippen LogP contribution in [0.2, 0.25) is 0 Å². The monoisotopic (exact) mass is 264 g/mol. The van der Waals surface area contributed by atoms with E-state index in [0.29, 0.717) is 18.0 Å². The number of hydrogen-bond acceptors (Lipinski definition) is 3. The number of carbonyl (C=O) groups is 1. The van der Waals surface area contributed by atoms with Crippen molar-refractivity contribution in [2.75, 3.05) is 6.54 Å². The summed E-state index contributed by atoms with van der Waals surface area (Å²) in [5.41, 5.74) is 6.36. The highest BCUT2D eigenvalue weighted by molar-refractivity contribution is 5.95. The summed E-state index contributed by atoms with van der Waals surface area (Å²) in [6.07, 6.45) is 6.76. The van der Waals surface area contributed by atoms with Gasteiger partial charge in [-0.2, -0.15) is 0 Å². The van der Waals surface area contributed by atoms with Crippen LogP contribution in [-0.2, 0) is 6.42 Å². The molecule has 1 aromatic heterocycles. The van der Waals surface area contributed by atoms with Crippen molar-refractivity contribution in [1.29, 1.82) is 0 Å². The third-order valence-electron chi connectivity index (χ3n) is 4.49. The van der Waals surface area contributed by atoms with Gasteiger partial charge >= 0.3 is 0 Å². The van der Waals surface area contributed by atoms with Gasteiger partial charge in [0.1, 0.15) is 5.76 Å². The molecule has 19 heavy (non-hydrogen) atoms. The molecule has 2 rings (SSSR count). The summed E-state index contributed by atoms with van der Waals surface area (Å²) in [7, 11) is 0. The predicted molar refractivity (Wildman–Crippen MR) is 75.0 cm³/mol. The van der Waals surface area contributed by atoms with Crippen LogP contribution in [-0.4, -0.2) is 18.0 Å². The molecule has 0 saturated heterocycles. The minimum atomic E-state index is -0.252. The summed E-state index contributed by atoms with van der Waals surface area (Å²) in [5, 5.41) is 3.18. The van der Waals surface area contributed by atoms with Crippen LogP contribution < -0.4 is 11.1 Å². The van der Waals surface area contributed by atoms with Crippen molar-refractivity contribution >= 4 is 5.91 Å². The van der Waals surface area contributed by atoms with E-state index in [1.165, 1.54) is 6.42 Å². The summed E-state index contributed by atoms with van der Waals surface area (Å²) in [6, 6.07) is 1.74. The van der Waals surface area contributed by atoms with Crippen LogP contribution in [0.5, 0.6) is 0 Å². The Hall–Kier alpha value is -1.29. The number of hydrogen-bond donors (Lipinski definition) is 2. The molecular weight excluding hydrogens is 240 g/mol. The first-order valence-corrected chi connectivity index (χ1v) is 7.22. The van der Waals surface area contributed by atoms with Gasteiger partial charge in [-0.25, -0.2) is 0 Å². The maximum Gasteiger partial charge on any atom is 0.255 e. The number of amides is 1. The van der Waals surface area contributed by atoms with Crippen molar-refractivity contribution in [3.63, 3.8) is 0 Å². The lowest BCUT2D eigenvalue weighted by Crippen LogP contribution is -2.59. The zero-order valence-electron chi connectivity index (χ0n) is 11.9. The first kappa shape index (κ1) is 14.1. The molecule has 4 nitrogen and oxygen atoms in total. The van der Waals surface area contributed by atoms with E-state index in [0.717, 1.165) is 31.4 Å². The summed E-state index contributed by atoms with van der Waals surface area (Å²) in [6.45, 7) is 4.67. The van der Waals surface area contributed by atoms with Gasteiger partial charge in [-0.05, 0) is 24.8 Å². The molecule has 0 spiro atoms. The summed E-state index contributed by atoms with van der Waals surface area (Å²) >= 11 is 0. The van der Waals surface area contributed by atoms with Crippen LogP contribution in [0.25, 0.3) is 0 Å². The molecular formula is C15H24N2O2. The molecule has 2 atom stereocenters. The number of nitrogens with two attached hydrogens (primary N) is 1. The van der Waals surface area contributed by atoms with Crippen molar-refractivity contribution in [2.24, 2.45) is 11.7 Å². The average molecular weight is 264 g/mol. The van der Waals surface area contributed by atoms with E-state index in [1.807, 2.05) is 6.92 Å². The second-order valence-corrected chi connectivity index (χ2v) is 5.57. The Morgan fingerprint density at radius 3 is 3.00 bits per heavy atom. The van der Waals surface area contributed by atoms with Gasteiger partial charge in [-0.3, -0.25) is 4.79 Å². The van der Waals surface area contributed by atoms with Crippen molar-refractivity contribution < 1.29 is 9.21 Å². The molecule has 1 saturated carbocycles. The van der Waals surface area contributed by atoms with E-state index in [1.54, 1.807) is 12.3 Å². The van der Waals surface area contributed by atoms with Gasteiger partial charge in [0, 0.05) is 13.0 Å². The van der Waals surface area contributed by atoms with Crippen molar-refractivity contribution in [2.45, 2.75) is 51.5 Å². The number of nitrogens with one attached hydrogen (secondary N) is 1. The number of carbonyl (C=O) groups excluding carboxylic acids is 1. The Labute approximate surface area is 114 Å². The molecule has 1 aliphatic carbocycles. The van der Waals surface area contributed by atoms with E-state index in [2.05, 4.69) is 12.2 Å².